The predicted octanol–water partition coefficient (Wildman–Crippen LogP) is 6.66. The molecule has 0 saturated carbocycles. The second-order valence-electron chi connectivity index (χ2n) is 6.30. The second kappa shape index (κ2) is 8.19. The maximum Gasteiger partial charge on any atom is 0.137 e. The van der Waals surface area contributed by atoms with Gasteiger partial charge in [-0.1, -0.05) is 23.2 Å². The SMILES string of the molecule is COc1ccc(-c2cc(=Nc3ccc(OC)c(Cl)c3)c3cc(Cl)ccc3o2)cc1. The minimum absolute atomic E-state index is 0.493. The van der Waals surface area contributed by atoms with E-state index in [1.54, 1.807) is 32.4 Å². The van der Waals surface area contributed by atoms with Gasteiger partial charge in [0.1, 0.15) is 22.8 Å². The molecule has 0 bridgehead atoms. The van der Waals surface area contributed by atoms with Crippen LogP contribution in [-0.4, -0.2) is 14.2 Å². The molecule has 4 aromatic rings. The third kappa shape index (κ3) is 4.09. The summed E-state index contributed by atoms with van der Waals surface area (Å²) in [6.07, 6.45) is 0. The van der Waals surface area contributed by atoms with E-state index < -0.39 is 0 Å². The number of nitrogens with zero attached hydrogens (tertiary/aromatic N) is 1. The van der Waals surface area contributed by atoms with Gasteiger partial charge in [0.2, 0.25) is 0 Å². The number of hydrogen-bond acceptors (Lipinski definition) is 4. The molecule has 146 valence electrons. The van der Waals surface area contributed by atoms with Crippen molar-refractivity contribution in [3.63, 3.8) is 0 Å². The number of benzene rings is 3. The summed E-state index contributed by atoms with van der Waals surface area (Å²) >= 11 is 12.5. The molecular weight excluding hydrogens is 409 g/mol. The van der Waals surface area contributed by atoms with E-state index in [-0.39, 0.29) is 0 Å². The summed E-state index contributed by atoms with van der Waals surface area (Å²) in [4.78, 5) is 4.78. The van der Waals surface area contributed by atoms with Crippen LogP contribution in [0.15, 0.2) is 76.1 Å². The molecule has 0 amide bonds. The quantitative estimate of drug-likeness (QED) is 0.367. The average Bonchev–Trinajstić information content (AvgIpc) is 2.74. The van der Waals surface area contributed by atoms with E-state index in [4.69, 9.17) is 42.1 Å². The van der Waals surface area contributed by atoms with E-state index in [1.807, 2.05) is 48.5 Å². The van der Waals surface area contributed by atoms with Gasteiger partial charge in [0.25, 0.3) is 0 Å². The molecule has 6 heteroatoms. The van der Waals surface area contributed by atoms with Gasteiger partial charge >= 0.3 is 0 Å². The van der Waals surface area contributed by atoms with Crippen molar-refractivity contribution < 1.29 is 13.9 Å². The standard InChI is InChI=1S/C23H17Cl2NO3/c1-27-17-7-3-14(4-8-17)23-13-20(18-11-15(24)5-9-21(18)29-23)26-16-6-10-22(28-2)19(25)12-16/h3-13H,1-2H3. The molecule has 0 spiro atoms. The first kappa shape index (κ1) is 19.4. The van der Waals surface area contributed by atoms with Gasteiger partial charge < -0.3 is 13.9 Å². The maximum absolute atomic E-state index is 6.26. The zero-order valence-corrected chi connectivity index (χ0v) is 17.3. The third-order valence-electron chi connectivity index (χ3n) is 4.46. The van der Waals surface area contributed by atoms with E-state index >= 15 is 0 Å². The summed E-state index contributed by atoms with van der Waals surface area (Å²) in [5.41, 5.74) is 2.29. The first-order chi connectivity index (χ1) is 14.1. The molecule has 1 heterocycles. The fourth-order valence-corrected chi connectivity index (χ4v) is 3.42. The van der Waals surface area contributed by atoms with Gasteiger partial charge in [-0.05, 0) is 60.7 Å². The van der Waals surface area contributed by atoms with Gasteiger partial charge in [-0.15, -0.1) is 0 Å². The highest BCUT2D eigenvalue weighted by molar-refractivity contribution is 6.32. The van der Waals surface area contributed by atoms with Crippen molar-refractivity contribution in [3.05, 3.63) is 82.1 Å². The van der Waals surface area contributed by atoms with Crippen LogP contribution >= 0.6 is 23.2 Å². The van der Waals surface area contributed by atoms with E-state index in [0.717, 1.165) is 22.1 Å². The van der Waals surface area contributed by atoms with Crippen molar-refractivity contribution in [3.8, 4) is 22.8 Å². The fourth-order valence-electron chi connectivity index (χ4n) is 3.00. The number of methoxy groups -OCH3 is 2. The number of hydrogen-bond donors (Lipinski definition) is 0. The molecule has 0 N–H and O–H groups in total. The summed E-state index contributed by atoms with van der Waals surface area (Å²) < 4.78 is 16.6. The largest absolute Gasteiger partial charge is 0.497 e. The Bertz CT molecular complexity index is 1250. The van der Waals surface area contributed by atoms with E-state index in [0.29, 0.717) is 32.8 Å². The number of ether oxygens (including phenoxy) is 2. The normalized spacial score (nSPS) is 11.7. The number of rotatable bonds is 4. The summed E-state index contributed by atoms with van der Waals surface area (Å²) in [5, 5.41) is 2.63. The van der Waals surface area contributed by atoms with Crippen LogP contribution in [0.4, 0.5) is 5.69 Å². The Labute approximate surface area is 177 Å². The van der Waals surface area contributed by atoms with Crippen LogP contribution in [0.2, 0.25) is 10.0 Å². The Balaban J connectivity index is 1.93. The maximum atomic E-state index is 6.26. The Hall–Kier alpha value is -2.95. The van der Waals surface area contributed by atoms with Crippen molar-refractivity contribution >= 4 is 39.9 Å². The molecule has 4 rings (SSSR count). The van der Waals surface area contributed by atoms with Crippen LogP contribution in [0, 0.1) is 0 Å². The summed E-state index contributed by atoms with van der Waals surface area (Å²) in [5.74, 6) is 2.06. The van der Waals surface area contributed by atoms with E-state index in [1.165, 1.54) is 0 Å². The highest BCUT2D eigenvalue weighted by Gasteiger charge is 2.08. The summed E-state index contributed by atoms with van der Waals surface area (Å²) in [6, 6.07) is 20.4. The molecule has 0 fully saturated rings. The van der Waals surface area contributed by atoms with Crippen LogP contribution in [0.1, 0.15) is 0 Å². The van der Waals surface area contributed by atoms with Crippen molar-refractivity contribution in [2.45, 2.75) is 0 Å². The van der Waals surface area contributed by atoms with Crippen molar-refractivity contribution in [1.29, 1.82) is 0 Å². The minimum atomic E-state index is 0.493. The summed E-state index contributed by atoms with van der Waals surface area (Å²) in [7, 11) is 3.21. The predicted molar refractivity (Wildman–Crippen MR) is 116 cm³/mol. The van der Waals surface area contributed by atoms with Gasteiger partial charge in [0.15, 0.2) is 0 Å². The highest BCUT2D eigenvalue weighted by Crippen LogP contribution is 2.29. The molecule has 1 aromatic heterocycles. The zero-order valence-electron chi connectivity index (χ0n) is 15.8. The Kier molecular flexibility index (Phi) is 5.47. The Morgan fingerprint density at radius 1 is 0.828 bits per heavy atom. The average molecular weight is 426 g/mol. The highest BCUT2D eigenvalue weighted by atomic mass is 35.5. The van der Waals surface area contributed by atoms with Gasteiger partial charge in [-0.2, -0.15) is 0 Å². The molecule has 0 saturated heterocycles. The third-order valence-corrected chi connectivity index (χ3v) is 5.00. The lowest BCUT2D eigenvalue weighted by atomic mass is 10.1. The Morgan fingerprint density at radius 2 is 1.62 bits per heavy atom. The summed E-state index contributed by atoms with van der Waals surface area (Å²) in [6.45, 7) is 0. The zero-order chi connectivity index (χ0) is 20.4. The molecule has 0 aliphatic heterocycles. The van der Waals surface area contributed by atoms with Crippen molar-refractivity contribution in [2.75, 3.05) is 14.2 Å². The number of fused-ring (bicyclic) bond motifs is 1. The molecule has 0 aliphatic rings. The van der Waals surface area contributed by atoms with Crippen LogP contribution in [-0.2, 0) is 0 Å². The topological polar surface area (TPSA) is 44.0 Å². The van der Waals surface area contributed by atoms with Crippen LogP contribution in [0.5, 0.6) is 11.5 Å². The minimum Gasteiger partial charge on any atom is -0.497 e. The second-order valence-corrected chi connectivity index (χ2v) is 7.14. The fraction of sp³-hybridized carbons (Fsp3) is 0.0870. The van der Waals surface area contributed by atoms with Gasteiger partial charge in [0.05, 0.1) is 30.3 Å². The molecular formula is C23H17Cl2NO3. The Morgan fingerprint density at radius 3 is 2.31 bits per heavy atom. The van der Waals surface area contributed by atoms with Gasteiger partial charge in [-0.3, -0.25) is 0 Å². The van der Waals surface area contributed by atoms with E-state index in [2.05, 4.69) is 0 Å². The smallest absolute Gasteiger partial charge is 0.137 e. The molecule has 4 nitrogen and oxygen atoms in total. The lowest BCUT2D eigenvalue weighted by Crippen LogP contribution is -2.03. The van der Waals surface area contributed by atoms with Gasteiger partial charge in [-0.25, -0.2) is 4.99 Å². The molecule has 0 atom stereocenters. The molecule has 3 aromatic carbocycles. The molecule has 0 radical (unpaired) electrons. The van der Waals surface area contributed by atoms with Crippen LogP contribution in [0.25, 0.3) is 22.3 Å². The molecule has 0 unspecified atom stereocenters. The first-order valence-electron chi connectivity index (χ1n) is 8.83. The van der Waals surface area contributed by atoms with Gasteiger partial charge in [0, 0.05) is 22.0 Å². The lowest BCUT2D eigenvalue weighted by molar-refractivity contribution is 0.415. The monoisotopic (exact) mass is 425 g/mol. The molecule has 29 heavy (non-hydrogen) atoms. The van der Waals surface area contributed by atoms with E-state index in [9.17, 15) is 0 Å². The molecule has 0 aliphatic carbocycles. The van der Waals surface area contributed by atoms with Crippen molar-refractivity contribution in [2.24, 2.45) is 4.99 Å². The number of halogens is 2. The van der Waals surface area contributed by atoms with Crippen molar-refractivity contribution in [1.82, 2.24) is 0 Å². The van der Waals surface area contributed by atoms with Crippen LogP contribution in [0.3, 0.4) is 0 Å². The van der Waals surface area contributed by atoms with Crippen LogP contribution < -0.4 is 14.8 Å². The lowest BCUT2D eigenvalue weighted by Gasteiger charge is -2.07. The first-order valence-corrected chi connectivity index (χ1v) is 9.59.